The highest BCUT2D eigenvalue weighted by Crippen LogP contribution is 2.27. The molecule has 0 aliphatic heterocycles. The summed E-state index contributed by atoms with van der Waals surface area (Å²) in [7, 11) is 0. The molecule has 27 heavy (non-hydrogen) atoms. The lowest BCUT2D eigenvalue weighted by molar-refractivity contribution is -0.142. The number of alkyl halides is 2. The van der Waals surface area contributed by atoms with E-state index in [1.54, 1.807) is 38.1 Å². The van der Waals surface area contributed by atoms with Crippen LogP contribution in [0.4, 0.5) is 14.5 Å². The van der Waals surface area contributed by atoms with E-state index in [1.165, 1.54) is 0 Å². The summed E-state index contributed by atoms with van der Waals surface area (Å²) in [5, 5.41) is 15.7. The number of hydrogen-bond donors (Lipinski definition) is 2. The fourth-order valence-electron chi connectivity index (χ4n) is 2.58. The lowest BCUT2D eigenvalue weighted by Gasteiger charge is -2.19. The summed E-state index contributed by atoms with van der Waals surface area (Å²) >= 11 is 0. The molecule has 146 valence electrons. The van der Waals surface area contributed by atoms with Crippen molar-refractivity contribution >= 4 is 17.6 Å². The number of nitrogens with zero attached hydrogens (tertiary/aromatic N) is 2. The summed E-state index contributed by atoms with van der Waals surface area (Å²) in [6, 6.07) is 6.25. The maximum absolute atomic E-state index is 13.4. The van der Waals surface area contributed by atoms with Crippen LogP contribution in [0.15, 0.2) is 30.5 Å². The van der Waals surface area contributed by atoms with Crippen molar-refractivity contribution in [2.24, 2.45) is 5.92 Å². The summed E-state index contributed by atoms with van der Waals surface area (Å²) < 4.78 is 28.0. The van der Waals surface area contributed by atoms with E-state index in [0.29, 0.717) is 11.3 Å². The second-order valence-corrected chi connectivity index (χ2v) is 7.28. The summed E-state index contributed by atoms with van der Waals surface area (Å²) in [6.07, 6.45) is -1.69. The van der Waals surface area contributed by atoms with E-state index in [-0.39, 0.29) is 18.0 Å². The molecule has 2 N–H and O–H groups in total. The highest BCUT2D eigenvalue weighted by Gasteiger charge is 2.29. The lowest BCUT2D eigenvalue weighted by atomic mass is 9.85. The molecule has 0 aliphatic carbocycles. The second kappa shape index (κ2) is 7.85. The minimum absolute atomic E-state index is 0.100. The Morgan fingerprint density at radius 1 is 1.22 bits per heavy atom. The molecule has 0 spiro atoms. The summed E-state index contributed by atoms with van der Waals surface area (Å²) in [5.41, 5.74) is -0.734. The molecule has 0 fully saturated rings. The molecule has 0 unspecified atom stereocenters. The van der Waals surface area contributed by atoms with Gasteiger partial charge in [0.2, 0.25) is 0 Å². The van der Waals surface area contributed by atoms with Gasteiger partial charge in [0.1, 0.15) is 5.69 Å². The Kier molecular flexibility index (Phi) is 5.98. The molecule has 1 aromatic carbocycles. The van der Waals surface area contributed by atoms with Crippen LogP contribution < -0.4 is 5.32 Å². The Hall–Kier alpha value is -2.77. The maximum Gasteiger partial charge on any atom is 0.313 e. The number of hydrogen-bond acceptors (Lipinski definition) is 3. The number of halogens is 2. The SMILES string of the molecule is CC(C)Cn1ncc(C(=O)Nc2ccc(C(C)(C)C(=O)O)cc2)c1C(F)F. The van der Waals surface area contributed by atoms with Gasteiger partial charge in [-0.15, -0.1) is 0 Å². The average Bonchev–Trinajstić information content (AvgIpc) is 2.98. The van der Waals surface area contributed by atoms with E-state index in [1.807, 2.05) is 13.8 Å². The highest BCUT2D eigenvalue weighted by atomic mass is 19.3. The van der Waals surface area contributed by atoms with Gasteiger partial charge >= 0.3 is 5.97 Å². The number of carboxylic acid groups (broad SMARTS) is 1. The zero-order valence-electron chi connectivity index (χ0n) is 15.7. The minimum atomic E-state index is -2.83. The van der Waals surface area contributed by atoms with Gasteiger partial charge in [-0.1, -0.05) is 26.0 Å². The molecule has 1 aromatic heterocycles. The zero-order valence-corrected chi connectivity index (χ0v) is 15.7. The molecule has 2 aromatic rings. The van der Waals surface area contributed by atoms with Crippen molar-refractivity contribution < 1.29 is 23.5 Å². The van der Waals surface area contributed by atoms with Crippen LogP contribution in [-0.4, -0.2) is 26.8 Å². The van der Waals surface area contributed by atoms with Crippen molar-refractivity contribution in [2.45, 2.75) is 46.1 Å². The van der Waals surface area contributed by atoms with Gasteiger partial charge < -0.3 is 10.4 Å². The first-order valence-corrected chi connectivity index (χ1v) is 8.53. The lowest BCUT2D eigenvalue weighted by Crippen LogP contribution is -2.28. The maximum atomic E-state index is 13.4. The highest BCUT2D eigenvalue weighted by molar-refractivity contribution is 6.05. The number of amides is 1. The van der Waals surface area contributed by atoms with Crippen molar-refractivity contribution in [1.29, 1.82) is 0 Å². The molecule has 0 aliphatic rings. The first-order chi connectivity index (χ1) is 12.5. The van der Waals surface area contributed by atoms with Crippen LogP contribution in [0.2, 0.25) is 0 Å². The van der Waals surface area contributed by atoms with Crippen molar-refractivity contribution in [2.75, 3.05) is 5.32 Å². The molecule has 0 saturated carbocycles. The first-order valence-electron chi connectivity index (χ1n) is 8.53. The van der Waals surface area contributed by atoms with Crippen LogP contribution in [0.3, 0.4) is 0 Å². The number of carboxylic acids is 1. The third-order valence-electron chi connectivity index (χ3n) is 4.27. The van der Waals surface area contributed by atoms with Crippen molar-refractivity contribution in [3.05, 3.63) is 47.3 Å². The van der Waals surface area contributed by atoms with Crippen LogP contribution in [0.1, 0.15) is 55.7 Å². The van der Waals surface area contributed by atoms with E-state index >= 15 is 0 Å². The molecule has 0 radical (unpaired) electrons. The third kappa shape index (κ3) is 4.50. The van der Waals surface area contributed by atoms with Crippen molar-refractivity contribution in [3.63, 3.8) is 0 Å². The van der Waals surface area contributed by atoms with E-state index in [4.69, 9.17) is 0 Å². The topological polar surface area (TPSA) is 84.2 Å². The van der Waals surface area contributed by atoms with Gasteiger partial charge in [0, 0.05) is 12.2 Å². The van der Waals surface area contributed by atoms with Gasteiger partial charge in [-0.2, -0.15) is 5.10 Å². The fourth-order valence-corrected chi connectivity index (χ4v) is 2.58. The number of benzene rings is 1. The number of anilines is 1. The average molecular weight is 379 g/mol. The van der Waals surface area contributed by atoms with Gasteiger partial charge in [0.15, 0.2) is 0 Å². The smallest absolute Gasteiger partial charge is 0.313 e. The Bertz CT molecular complexity index is 827. The van der Waals surface area contributed by atoms with Crippen molar-refractivity contribution in [3.8, 4) is 0 Å². The number of aromatic nitrogens is 2. The summed E-state index contributed by atoms with van der Waals surface area (Å²) in [4.78, 5) is 23.7. The van der Waals surface area contributed by atoms with E-state index in [0.717, 1.165) is 10.9 Å². The normalized spacial score (nSPS) is 11.9. The monoisotopic (exact) mass is 379 g/mol. The number of carbonyl (C=O) groups excluding carboxylic acids is 1. The number of nitrogens with one attached hydrogen (secondary N) is 1. The molecule has 8 heteroatoms. The quantitative estimate of drug-likeness (QED) is 0.759. The molecule has 1 heterocycles. The van der Waals surface area contributed by atoms with Crippen LogP contribution >= 0.6 is 0 Å². The largest absolute Gasteiger partial charge is 0.481 e. The Labute approximate surface area is 156 Å². The molecule has 0 bridgehead atoms. The van der Waals surface area contributed by atoms with Crippen LogP contribution in [0.5, 0.6) is 0 Å². The fraction of sp³-hybridized carbons (Fsp3) is 0.421. The molecule has 0 atom stereocenters. The van der Waals surface area contributed by atoms with Gasteiger partial charge in [0.05, 0.1) is 17.2 Å². The van der Waals surface area contributed by atoms with E-state index in [9.17, 15) is 23.5 Å². The zero-order chi connectivity index (χ0) is 20.4. The van der Waals surface area contributed by atoms with Crippen molar-refractivity contribution in [1.82, 2.24) is 9.78 Å². The predicted octanol–water partition coefficient (Wildman–Crippen LogP) is 4.09. The molecular weight excluding hydrogens is 356 g/mol. The van der Waals surface area contributed by atoms with Gasteiger partial charge in [-0.3, -0.25) is 14.3 Å². The summed E-state index contributed by atoms with van der Waals surface area (Å²) in [6.45, 7) is 7.17. The van der Waals surface area contributed by atoms with Crippen LogP contribution in [-0.2, 0) is 16.8 Å². The number of rotatable bonds is 7. The van der Waals surface area contributed by atoms with E-state index in [2.05, 4.69) is 10.4 Å². The predicted molar refractivity (Wildman–Crippen MR) is 97.1 cm³/mol. The van der Waals surface area contributed by atoms with Crippen LogP contribution in [0, 0.1) is 5.92 Å². The second-order valence-electron chi connectivity index (χ2n) is 7.28. The summed E-state index contributed by atoms with van der Waals surface area (Å²) in [5.74, 6) is -1.56. The Balaban J connectivity index is 2.23. The third-order valence-corrected chi connectivity index (χ3v) is 4.27. The molecule has 1 amide bonds. The molecular formula is C19H23F2N3O3. The molecule has 6 nitrogen and oxygen atoms in total. The molecule has 2 rings (SSSR count). The van der Waals surface area contributed by atoms with Gasteiger partial charge in [-0.05, 0) is 37.5 Å². The van der Waals surface area contributed by atoms with Gasteiger partial charge in [0.25, 0.3) is 12.3 Å². The Morgan fingerprint density at radius 2 is 1.81 bits per heavy atom. The van der Waals surface area contributed by atoms with E-state index < -0.39 is 29.4 Å². The standard InChI is InChI=1S/C19H23F2N3O3/c1-11(2)10-24-15(16(20)21)14(9-22-24)17(25)23-13-7-5-12(6-8-13)19(3,4)18(26)27/h5-9,11,16H,10H2,1-4H3,(H,23,25)(H,26,27). The van der Waals surface area contributed by atoms with Gasteiger partial charge in [-0.25, -0.2) is 8.78 Å². The first kappa shape index (κ1) is 20.5. The number of carbonyl (C=O) groups is 2. The molecule has 0 saturated heterocycles. The minimum Gasteiger partial charge on any atom is -0.481 e. The Morgan fingerprint density at radius 3 is 2.30 bits per heavy atom. The van der Waals surface area contributed by atoms with Crippen LogP contribution in [0.25, 0.3) is 0 Å². The number of aliphatic carboxylic acids is 1.